The molecule has 16 heavy (non-hydrogen) atoms. The number of urea groups is 1. The molecule has 0 aromatic rings. The fraction of sp³-hybridized carbons (Fsp3) is 0.818. The molecular formula is C11H18N2O3. The van der Waals surface area contributed by atoms with E-state index in [0.717, 1.165) is 25.7 Å². The number of aliphatic carboxylic acids is 1. The van der Waals surface area contributed by atoms with Gasteiger partial charge in [0.05, 0.1) is 0 Å². The maximum atomic E-state index is 11.5. The molecule has 0 aliphatic heterocycles. The van der Waals surface area contributed by atoms with Crippen LogP contribution in [0.5, 0.6) is 0 Å². The van der Waals surface area contributed by atoms with Crippen LogP contribution in [0.3, 0.4) is 0 Å². The van der Waals surface area contributed by atoms with Crippen LogP contribution in [-0.4, -0.2) is 29.2 Å². The van der Waals surface area contributed by atoms with Gasteiger partial charge in [-0.05, 0) is 37.5 Å². The summed E-state index contributed by atoms with van der Waals surface area (Å²) in [5.74, 6) is -0.132. The zero-order valence-corrected chi connectivity index (χ0v) is 9.40. The van der Waals surface area contributed by atoms with E-state index in [-0.39, 0.29) is 18.0 Å². The van der Waals surface area contributed by atoms with Crippen LogP contribution in [-0.2, 0) is 4.79 Å². The highest BCUT2D eigenvalue weighted by Crippen LogP contribution is 2.32. The van der Waals surface area contributed by atoms with Gasteiger partial charge in [-0.3, -0.25) is 0 Å². The van der Waals surface area contributed by atoms with Crippen molar-refractivity contribution < 1.29 is 14.7 Å². The maximum absolute atomic E-state index is 11.5. The van der Waals surface area contributed by atoms with Crippen molar-refractivity contribution in [2.45, 2.75) is 44.7 Å². The first-order chi connectivity index (χ1) is 7.56. The van der Waals surface area contributed by atoms with E-state index >= 15 is 0 Å². The normalized spacial score (nSPS) is 30.1. The molecule has 0 spiro atoms. The highest BCUT2D eigenvalue weighted by atomic mass is 16.4. The smallest absolute Gasteiger partial charge is 0.326 e. The van der Waals surface area contributed by atoms with E-state index in [1.807, 2.05) is 0 Å². The van der Waals surface area contributed by atoms with E-state index in [2.05, 4.69) is 17.6 Å². The Labute approximate surface area is 94.6 Å². The van der Waals surface area contributed by atoms with Crippen molar-refractivity contribution in [3.05, 3.63) is 0 Å². The quantitative estimate of drug-likeness (QED) is 0.667. The Kier molecular flexibility index (Phi) is 3.03. The standard InChI is InChI=1S/C11H18N2O3/c1-6-4-8(5-6)12-11(16)13-9(10(14)15)7-2-3-7/h6-9H,2-5H2,1H3,(H,14,15)(H2,12,13,16). The molecule has 5 heteroatoms. The molecule has 0 bridgehead atoms. The third-order valence-corrected chi connectivity index (χ3v) is 3.36. The summed E-state index contributed by atoms with van der Waals surface area (Å²) in [5, 5.41) is 14.3. The molecule has 0 radical (unpaired) electrons. The van der Waals surface area contributed by atoms with Gasteiger partial charge in [-0.2, -0.15) is 0 Å². The molecule has 2 aliphatic rings. The van der Waals surface area contributed by atoms with Gasteiger partial charge in [0.25, 0.3) is 0 Å². The Bertz CT molecular complexity index is 296. The Morgan fingerprint density at radius 2 is 1.94 bits per heavy atom. The Hall–Kier alpha value is -1.26. The molecular weight excluding hydrogens is 208 g/mol. The van der Waals surface area contributed by atoms with Crippen LogP contribution in [0.1, 0.15) is 32.6 Å². The number of carboxylic acids is 1. The monoisotopic (exact) mass is 226 g/mol. The molecule has 90 valence electrons. The summed E-state index contributed by atoms with van der Waals surface area (Å²) in [6.45, 7) is 2.14. The molecule has 3 N–H and O–H groups in total. The molecule has 2 aliphatic carbocycles. The molecule has 2 amide bonds. The topological polar surface area (TPSA) is 78.4 Å². The molecule has 2 saturated carbocycles. The third kappa shape index (κ3) is 2.65. The number of carbonyl (C=O) groups is 2. The summed E-state index contributed by atoms with van der Waals surface area (Å²) in [6.07, 6.45) is 3.79. The van der Waals surface area contributed by atoms with Gasteiger partial charge >= 0.3 is 12.0 Å². The molecule has 2 fully saturated rings. The first kappa shape index (κ1) is 11.2. The van der Waals surface area contributed by atoms with Crippen LogP contribution < -0.4 is 10.6 Å². The van der Waals surface area contributed by atoms with Gasteiger partial charge in [0.1, 0.15) is 6.04 Å². The summed E-state index contributed by atoms with van der Waals surface area (Å²) in [4.78, 5) is 22.4. The second-order valence-electron chi connectivity index (χ2n) is 5.04. The molecule has 2 rings (SSSR count). The highest BCUT2D eigenvalue weighted by Gasteiger charge is 2.37. The molecule has 1 unspecified atom stereocenters. The highest BCUT2D eigenvalue weighted by molar-refractivity contribution is 5.83. The molecule has 0 saturated heterocycles. The fourth-order valence-electron chi connectivity index (χ4n) is 2.20. The van der Waals surface area contributed by atoms with Crippen LogP contribution >= 0.6 is 0 Å². The zero-order chi connectivity index (χ0) is 11.7. The number of carboxylic acid groups (broad SMARTS) is 1. The number of hydrogen-bond acceptors (Lipinski definition) is 2. The van der Waals surface area contributed by atoms with Gasteiger partial charge in [-0.1, -0.05) is 6.92 Å². The lowest BCUT2D eigenvalue weighted by Crippen LogP contribution is -2.52. The van der Waals surface area contributed by atoms with Crippen LogP contribution in [0.15, 0.2) is 0 Å². The molecule has 0 aromatic carbocycles. The number of nitrogens with one attached hydrogen (secondary N) is 2. The largest absolute Gasteiger partial charge is 0.480 e. The van der Waals surface area contributed by atoms with E-state index in [0.29, 0.717) is 5.92 Å². The van der Waals surface area contributed by atoms with Crippen molar-refractivity contribution in [1.82, 2.24) is 10.6 Å². The second-order valence-corrected chi connectivity index (χ2v) is 5.04. The molecule has 0 heterocycles. The predicted octanol–water partition coefficient (Wildman–Crippen LogP) is 0.947. The summed E-state index contributed by atoms with van der Waals surface area (Å²) in [7, 11) is 0. The third-order valence-electron chi connectivity index (χ3n) is 3.36. The van der Waals surface area contributed by atoms with E-state index in [4.69, 9.17) is 5.11 Å². The summed E-state index contributed by atoms with van der Waals surface area (Å²) in [6, 6.07) is -0.822. The molecule has 5 nitrogen and oxygen atoms in total. The van der Waals surface area contributed by atoms with Gasteiger partial charge in [-0.15, -0.1) is 0 Å². The number of hydrogen-bond donors (Lipinski definition) is 3. The molecule has 1 atom stereocenters. The van der Waals surface area contributed by atoms with Crippen molar-refractivity contribution in [1.29, 1.82) is 0 Å². The van der Waals surface area contributed by atoms with Crippen molar-refractivity contribution in [2.75, 3.05) is 0 Å². The van der Waals surface area contributed by atoms with E-state index in [1.165, 1.54) is 0 Å². The van der Waals surface area contributed by atoms with E-state index in [9.17, 15) is 9.59 Å². The second kappa shape index (κ2) is 4.31. The SMILES string of the molecule is CC1CC(NC(=O)NC(C(=O)O)C2CC2)C1. The van der Waals surface area contributed by atoms with Crippen molar-refractivity contribution in [3.8, 4) is 0 Å². The van der Waals surface area contributed by atoms with Gasteiger partial charge in [0.2, 0.25) is 0 Å². The van der Waals surface area contributed by atoms with Crippen LogP contribution in [0, 0.1) is 11.8 Å². The first-order valence-corrected chi connectivity index (χ1v) is 5.86. The lowest BCUT2D eigenvalue weighted by molar-refractivity contribution is -0.139. The van der Waals surface area contributed by atoms with Crippen molar-refractivity contribution in [2.24, 2.45) is 11.8 Å². The van der Waals surface area contributed by atoms with Gasteiger partial charge in [0.15, 0.2) is 0 Å². The average Bonchev–Trinajstić information content (AvgIpc) is 2.94. The lowest BCUT2D eigenvalue weighted by Gasteiger charge is -2.33. The van der Waals surface area contributed by atoms with Crippen LogP contribution in [0.25, 0.3) is 0 Å². The summed E-state index contributed by atoms with van der Waals surface area (Å²) in [5.41, 5.74) is 0. The number of rotatable bonds is 4. The van der Waals surface area contributed by atoms with Gasteiger partial charge in [0, 0.05) is 6.04 Å². The van der Waals surface area contributed by atoms with Crippen LogP contribution in [0.2, 0.25) is 0 Å². The summed E-state index contributed by atoms with van der Waals surface area (Å²) >= 11 is 0. The van der Waals surface area contributed by atoms with Crippen molar-refractivity contribution in [3.63, 3.8) is 0 Å². The Morgan fingerprint density at radius 1 is 1.31 bits per heavy atom. The average molecular weight is 226 g/mol. The minimum atomic E-state index is -0.931. The zero-order valence-electron chi connectivity index (χ0n) is 9.40. The van der Waals surface area contributed by atoms with Crippen LogP contribution in [0.4, 0.5) is 4.79 Å². The van der Waals surface area contributed by atoms with Gasteiger partial charge in [-0.25, -0.2) is 9.59 Å². The van der Waals surface area contributed by atoms with E-state index in [1.54, 1.807) is 0 Å². The number of amides is 2. The summed E-state index contributed by atoms with van der Waals surface area (Å²) < 4.78 is 0. The predicted molar refractivity (Wildman–Crippen MR) is 58.0 cm³/mol. The Morgan fingerprint density at radius 3 is 2.38 bits per heavy atom. The number of carbonyl (C=O) groups excluding carboxylic acids is 1. The van der Waals surface area contributed by atoms with Gasteiger partial charge < -0.3 is 15.7 Å². The molecule has 0 aromatic heterocycles. The van der Waals surface area contributed by atoms with Crippen molar-refractivity contribution >= 4 is 12.0 Å². The maximum Gasteiger partial charge on any atom is 0.326 e. The fourth-order valence-corrected chi connectivity index (χ4v) is 2.20. The lowest BCUT2D eigenvalue weighted by atomic mass is 9.82. The minimum absolute atomic E-state index is 0.128. The van der Waals surface area contributed by atoms with E-state index < -0.39 is 12.0 Å². The minimum Gasteiger partial charge on any atom is -0.480 e. The Balaban J connectivity index is 1.74. The first-order valence-electron chi connectivity index (χ1n) is 5.86.